The summed E-state index contributed by atoms with van der Waals surface area (Å²) in [5.74, 6) is -0.0271. The monoisotopic (exact) mass is 393 g/mol. The first kappa shape index (κ1) is 16.6. The lowest BCUT2D eigenvalue weighted by atomic mass is 10.2. The van der Waals surface area contributed by atoms with Gasteiger partial charge in [-0.3, -0.25) is 4.79 Å². The molecule has 0 fully saturated rings. The van der Waals surface area contributed by atoms with Crippen LogP contribution < -0.4 is 10.6 Å². The molecule has 1 heterocycles. The van der Waals surface area contributed by atoms with E-state index in [9.17, 15) is 4.79 Å². The summed E-state index contributed by atoms with van der Waals surface area (Å²) in [6, 6.07) is 17.7. The summed E-state index contributed by atoms with van der Waals surface area (Å²) in [5.41, 5.74) is 2.16. The maximum absolute atomic E-state index is 12.3. The number of aromatic nitrogens is 2. The molecule has 2 aromatic carbocycles. The molecule has 122 valence electrons. The Balaban J connectivity index is 1.72. The Morgan fingerprint density at radius 2 is 1.68 bits per heavy atom. The zero-order valence-electron chi connectivity index (χ0n) is 12.9. The first-order valence-corrected chi connectivity index (χ1v) is 8.10. The Morgan fingerprint density at radius 1 is 1.00 bits per heavy atom. The van der Waals surface area contributed by atoms with Crippen molar-refractivity contribution in [3.8, 4) is 6.07 Å². The molecule has 0 saturated heterocycles. The average molecular weight is 394 g/mol. The van der Waals surface area contributed by atoms with E-state index < -0.39 is 0 Å². The van der Waals surface area contributed by atoms with Crippen molar-refractivity contribution in [1.82, 2.24) is 9.97 Å². The zero-order valence-corrected chi connectivity index (χ0v) is 14.5. The molecule has 0 radical (unpaired) electrons. The van der Waals surface area contributed by atoms with Gasteiger partial charge in [0.15, 0.2) is 0 Å². The maximum atomic E-state index is 12.3. The summed E-state index contributed by atoms with van der Waals surface area (Å²) in [4.78, 5) is 20.7. The summed E-state index contributed by atoms with van der Waals surface area (Å²) in [6.07, 6.45) is 1.52. The van der Waals surface area contributed by atoms with Crippen LogP contribution in [-0.2, 0) is 0 Å². The van der Waals surface area contributed by atoms with Crippen LogP contribution in [0.4, 0.5) is 17.3 Å². The van der Waals surface area contributed by atoms with Gasteiger partial charge in [0.25, 0.3) is 5.91 Å². The van der Waals surface area contributed by atoms with Crippen LogP contribution >= 0.6 is 15.9 Å². The molecule has 7 heteroatoms. The molecule has 0 aliphatic carbocycles. The molecular weight excluding hydrogens is 382 g/mol. The SMILES string of the molecule is N#Cc1ccc(NC(=O)c2ccnc(Nc3ccc(Br)cc3)n2)cc1. The van der Waals surface area contributed by atoms with Crippen LogP contribution in [0.3, 0.4) is 0 Å². The lowest BCUT2D eigenvalue weighted by molar-refractivity contribution is 0.102. The number of amides is 1. The van der Waals surface area contributed by atoms with Crippen LogP contribution in [0.25, 0.3) is 0 Å². The van der Waals surface area contributed by atoms with Crippen LogP contribution in [0.2, 0.25) is 0 Å². The lowest BCUT2D eigenvalue weighted by Gasteiger charge is -2.07. The van der Waals surface area contributed by atoms with Crippen molar-refractivity contribution >= 4 is 39.2 Å². The minimum Gasteiger partial charge on any atom is -0.324 e. The van der Waals surface area contributed by atoms with Crippen molar-refractivity contribution in [1.29, 1.82) is 5.26 Å². The number of carbonyl (C=O) groups is 1. The Bertz CT molecular complexity index is 933. The van der Waals surface area contributed by atoms with Crippen molar-refractivity contribution in [2.24, 2.45) is 0 Å². The molecular formula is C18H12BrN5O. The summed E-state index contributed by atoms with van der Waals surface area (Å²) in [5, 5.41) is 14.6. The Labute approximate surface area is 152 Å². The molecule has 0 aliphatic rings. The predicted octanol–water partition coefficient (Wildman–Crippen LogP) is 4.11. The first-order chi connectivity index (χ1) is 12.1. The largest absolute Gasteiger partial charge is 0.324 e. The molecule has 3 rings (SSSR count). The topological polar surface area (TPSA) is 90.7 Å². The second-order valence-electron chi connectivity index (χ2n) is 5.04. The number of halogens is 1. The second kappa shape index (κ2) is 7.55. The molecule has 0 atom stereocenters. The Hall–Kier alpha value is -3.24. The smallest absolute Gasteiger partial charge is 0.274 e. The third-order valence-electron chi connectivity index (χ3n) is 3.26. The summed E-state index contributed by atoms with van der Waals surface area (Å²) in [7, 11) is 0. The highest BCUT2D eigenvalue weighted by Crippen LogP contribution is 2.17. The standard InChI is InChI=1S/C18H12BrN5O/c19-13-3-7-15(8-4-13)23-18-21-10-9-16(24-18)17(25)22-14-5-1-12(11-20)2-6-14/h1-10H,(H,22,25)(H,21,23,24). The first-order valence-electron chi connectivity index (χ1n) is 7.31. The van der Waals surface area contributed by atoms with Crippen molar-refractivity contribution < 1.29 is 4.79 Å². The summed E-state index contributed by atoms with van der Waals surface area (Å²) >= 11 is 3.37. The number of carbonyl (C=O) groups excluding carboxylic acids is 1. The van der Waals surface area contributed by atoms with Crippen LogP contribution in [-0.4, -0.2) is 15.9 Å². The predicted molar refractivity (Wildman–Crippen MR) is 98.6 cm³/mol. The van der Waals surface area contributed by atoms with E-state index in [2.05, 4.69) is 36.5 Å². The van der Waals surface area contributed by atoms with Crippen molar-refractivity contribution in [2.45, 2.75) is 0 Å². The number of anilines is 3. The van der Waals surface area contributed by atoms with Gasteiger partial charge in [0.1, 0.15) is 5.69 Å². The van der Waals surface area contributed by atoms with Crippen LogP contribution in [0.15, 0.2) is 65.3 Å². The molecule has 1 amide bonds. The molecule has 25 heavy (non-hydrogen) atoms. The minimum absolute atomic E-state index is 0.235. The van der Waals surface area contributed by atoms with Gasteiger partial charge in [-0.2, -0.15) is 5.26 Å². The molecule has 0 bridgehead atoms. The molecule has 6 nitrogen and oxygen atoms in total. The summed E-state index contributed by atoms with van der Waals surface area (Å²) in [6.45, 7) is 0. The number of rotatable bonds is 4. The number of benzene rings is 2. The average Bonchev–Trinajstić information content (AvgIpc) is 2.64. The van der Waals surface area contributed by atoms with Crippen LogP contribution in [0.1, 0.15) is 16.1 Å². The maximum Gasteiger partial charge on any atom is 0.274 e. The number of hydrogen-bond donors (Lipinski definition) is 2. The highest BCUT2D eigenvalue weighted by Gasteiger charge is 2.09. The second-order valence-corrected chi connectivity index (χ2v) is 5.96. The molecule has 0 saturated carbocycles. The molecule has 0 aliphatic heterocycles. The normalized spacial score (nSPS) is 9.92. The van der Waals surface area contributed by atoms with Crippen molar-refractivity contribution in [3.05, 3.63) is 76.5 Å². The van der Waals surface area contributed by atoms with E-state index in [1.165, 1.54) is 12.3 Å². The van der Waals surface area contributed by atoms with Gasteiger partial charge >= 0.3 is 0 Å². The quantitative estimate of drug-likeness (QED) is 0.695. The van der Waals surface area contributed by atoms with E-state index in [4.69, 9.17) is 5.26 Å². The van der Waals surface area contributed by atoms with Crippen LogP contribution in [0.5, 0.6) is 0 Å². The van der Waals surface area contributed by atoms with Gasteiger partial charge in [-0.25, -0.2) is 9.97 Å². The molecule has 2 N–H and O–H groups in total. The fourth-order valence-electron chi connectivity index (χ4n) is 2.03. The van der Waals surface area contributed by atoms with Crippen molar-refractivity contribution in [3.63, 3.8) is 0 Å². The van der Waals surface area contributed by atoms with Gasteiger partial charge in [-0.1, -0.05) is 15.9 Å². The van der Waals surface area contributed by atoms with Gasteiger partial charge in [0.2, 0.25) is 5.95 Å². The van der Waals surface area contributed by atoms with Gasteiger partial charge in [-0.05, 0) is 54.6 Å². The fourth-order valence-corrected chi connectivity index (χ4v) is 2.30. The van der Waals surface area contributed by atoms with Gasteiger partial charge < -0.3 is 10.6 Å². The van der Waals surface area contributed by atoms with Crippen molar-refractivity contribution in [2.75, 3.05) is 10.6 Å². The van der Waals surface area contributed by atoms with Gasteiger partial charge in [0, 0.05) is 22.0 Å². The highest BCUT2D eigenvalue weighted by atomic mass is 79.9. The highest BCUT2D eigenvalue weighted by molar-refractivity contribution is 9.10. The summed E-state index contributed by atoms with van der Waals surface area (Å²) < 4.78 is 0.967. The van der Waals surface area contributed by atoms with E-state index in [1.807, 2.05) is 30.3 Å². The third-order valence-corrected chi connectivity index (χ3v) is 3.79. The van der Waals surface area contributed by atoms with E-state index in [0.29, 0.717) is 17.2 Å². The number of hydrogen-bond acceptors (Lipinski definition) is 5. The molecule has 0 unspecified atom stereocenters. The Morgan fingerprint density at radius 3 is 2.36 bits per heavy atom. The Kier molecular flexibility index (Phi) is 5.02. The third kappa shape index (κ3) is 4.40. The van der Waals surface area contributed by atoms with E-state index in [0.717, 1.165) is 10.2 Å². The number of nitrogens with one attached hydrogen (secondary N) is 2. The number of nitriles is 1. The minimum atomic E-state index is -0.356. The van der Waals surface area contributed by atoms with Gasteiger partial charge in [-0.15, -0.1) is 0 Å². The van der Waals surface area contributed by atoms with Gasteiger partial charge in [0.05, 0.1) is 11.6 Å². The van der Waals surface area contributed by atoms with E-state index in [1.54, 1.807) is 24.3 Å². The molecule has 1 aromatic heterocycles. The zero-order chi connectivity index (χ0) is 17.6. The number of nitrogens with zero attached hydrogens (tertiary/aromatic N) is 3. The van der Waals surface area contributed by atoms with E-state index >= 15 is 0 Å². The fraction of sp³-hybridized carbons (Fsp3) is 0. The molecule has 0 spiro atoms. The van der Waals surface area contributed by atoms with Crippen LogP contribution in [0, 0.1) is 11.3 Å². The molecule has 3 aromatic rings. The lowest BCUT2D eigenvalue weighted by Crippen LogP contribution is -2.14. The van der Waals surface area contributed by atoms with E-state index in [-0.39, 0.29) is 11.6 Å².